The van der Waals surface area contributed by atoms with Gasteiger partial charge in [-0.1, -0.05) is 57.2 Å². The maximum Gasteiger partial charge on any atom is 0.178 e. The Morgan fingerprint density at radius 3 is 2.16 bits per heavy atom. The van der Waals surface area contributed by atoms with Crippen molar-refractivity contribution in [3.05, 3.63) is 71.5 Å². The Labute approximate surface area is 185 Å². The van der Waals surface area contributed by atoms with Crippen LogP contribution in [0.3, 0.4) is 0 Å². The summed E-state index contributed by atoms with van der Waals surface area (Å²) < 4.78 is 0. The third kappa shape index (κ3) is 2.54. The van der Waals surface area contributed by atoms with Crippen LogP contribution in [0.25, 0.3) is 0 Å². The molecular formula is C27H30N4. The summed E-state index contributed by atoms with van der Waals surface area (Å²) in [7, 11) is 0. The Morgan fingerprint density at radius 1 is 0.871 bits per heavy atom. The van der Waals surface area contributed by atoms with Gasteiger partial charge >= 0.3 is 0 Å². The first-order chi connectivity index (χ1) is 15.1. The molecule has 0 N–H and O–H groups in total. The lowest BCUT2D eigenvalue weighted by Gasteiger charge is -2.50. The molecule has 2 aliphatic heterocycles. The second-order valence-corrected chi connectivity index (χ2v) is 9.54. The Bertz CT molecular complexity index is 1140. The first kappa shape index (κ1) is 18.9. The molecular weight excluding hydrogens is 380 g/mol. The van der Waals surface area contributed by atoms with Crippen LogP contribution in [-0.2, 0) is 18.3 Å². The molecule has 3 heterocycles. The summed E-state index contributed by atoms with van der Waals surface area (Å²) in [5.74, 6) is 2.46. The molecule has 1 aromatic heterocycles. The van der Waals surface area contributed by atoms with Crippen LogP contribution in [0.15, 0.2) is 54.6 Å². The molecule has 0 amide bonds. The molecule has 0 radical (unpaired) electrons. The molecule has 2 aromatic carbocycles. The van der Waals surface area contributed by atoms with E-state index in [0.717, 1.165) is 30.9 Å². The SMILES string of the molecule is CCC1(C)c2ccccc2N2c3nc4c(nc3N(c3ccccc3)C2C1C)CCCC4. The van der Waals surface area contributed by atoms with Gasteiger partial charge in [-0.15, -0.1) is 0 Å². The van der Waals surface area contributed by atoms with Gasteiger partial charge in [0, 0.05) is 22.7 Å². The van der Waals surface area contributed by atoms with Crippen molar-refractivity contribution in [1.29, 1.82) is 0 Å². The minimum Gasteiger partial charge on any atom is -0.302 e. The highest BCUT2D eigenvalue weighted by Crippen LogP contribution is 2.57. The first-order valence-corrected chi connectivity index (χ1v) is 11.8. The number of aryl methyl sites for hydroxylation is 2. The number of fused-ring (bicyclic) bond motifs is 6. The fourth-order valence-corrected chi connectivity index (χ4v) is 5.98. The average molecular weight is 411 g/mol. The van der Waals surface area contributed by atoms with Crippen molar-refractivity contribution in [3.63, 3.8) is 0 Å². The highest BCUT2D eigenvalue weighted by atomic mass is 15.5. The number of nitrogens with zero attached hydrogens (tertiary/aromatic N) is 4. The quantitative estimate of drug-likeness (QED) is 0.497. The second kappa shape index (κ2) is 6.81. The highest BCUT2D eigenvalue weighted by Gasteiger charge is 2.53. The van der Waals surface area contributed by atoms with E-state index in [9.17, 15) is 0 Å². The van der Waals surface area contributed by atoms with Crippen molar-refractivity contribution < 1.29 is 0 Å². The highest BCUT2D eigenvalue weighted by molar-refractivity contribution is 5.86. The number of para-hydroxylation sites is 2. The van der Waals surface area contributed by atoms with Gasteiger partial charge in [0.15, 0.2) is 11.6 Å². The Hall–Kier alpha value is -2.88. The predicted molar refractivity (Wildman–Crippen MR) is 126 cm³/mol. The van der Waals surface area contributed by atoms with Crippen molar-refractivity contribution in [3.8, 4) is 0 Å². The number of anilines is 4. The van der Waals surface area contributed by atoms with E-state index in [1.54, 1.807) is 0 Å². The smallest absolute Gasteiger partial charge is 0.178 e. The van der Waals surface area contributed by atoms with Gasteiger partial charge in [0.25, 0.3) is 0 Å². The Kier molecular flexibility index (Phi) is 4.14. The van der Waals surface area contributed by atoms with Crippen molar-refractivity contribution in [2.45, 2.75) is 64.5 Å². The maximum atomic E-state index is 5.28. The summed E-state index contributed by atoms with van der Waals surface area (Å²) in [6.07, 6.45) is 5.79. The second-order valence-electron chi connectivity index (χ2n) is 9.54. The molecule has 158 valence electrons. The van der Waals surface area contributed by atoms with Crippen molar-refractivity contribution in [1.82, 2.24) is 9.97 Å². The normalized spacial score (nSPS) is 26.2. The molecule has 6 rings (SSSR count). The van der Waals surface area contributed by atoms with Gasteiger partial charge in [-0.05, 0) is 55.9 Å². The van der Waals surface area contributed by atoms with Gasteiger partial charge in [0.2, 0.25) is 0 Å². The van der Waals surface area contributed by atoms with E-state index in [1.807, 2.05) is 0 Å². The summed E-state index contributed by atoms with van der Waals surface area (Å²) in [6, 6.07) is 19.7. The largest absolute Gasteiger partial charge is 0.302 e. The van der Waals surface area contributed by atoms with E-state index in [1.165, 1.54) is 41.2 Å². The molecule has 0 spiro atoms. The predicted octanol–water partition coefficient (Wildman–Crippen LogP) is 6.29. The lowest BCUT2D eigenvalue weighted by atomic mass is 9.66. The van der Waals surface area contributed by atoms with E-state index in [2.05, 4.69) is 85.2 Å². The Morgan fingerprint density at radius 2 is 1.48 bits per heavy atom. The molecule has 1 aliphatic carbocycles. The third-order valence-corrected chi connectivity index (χ3v) is 8.08. The fraction of sp³-hybridized carbons (Fsp3) is 0.407. The zero-order valence-electron chi connectivity index (χ0n) is 18.7. The van der Waals surface area contributed by atoms with Gasteiger partial charge in [0.05, 0.1) is 11.4 Å². The lowest BCUT2D eigenvalue weighted by molar-refractivity contribution is 0.249. The molecule has 3 aliphatic rings. The molecule has 0 saturated heterocycles. The van der Waals surface area contributed by atoms with E-state index in [4.69, 9.17) is 9.97 Å². The number of benzene rings is 2. The summed E-state index contributed by atoms with van der Waals surface area (Å²) in [4.78, 5) is 15.5. The standard InChI is InChI=1S/C27H30N4/c1-4-27(3)18(2)26-30(19-12-6-5-7-13-19)24-25(29-22-16-10-9-15-21(22)28-24)31(26)23-17-11-8-14-20(23)27/h5-8,11-14,17-18,26H,4,9-10,15-16H2,1-3H3. The molecule has 4 nitrogen and oxygen atoms in total. The number of hydrogen-bond acceptors (Lipinski definition) is 4. The van der Waals surface area contributed by atoms with Crippen molar-refractivity contribution in [2.75, 3.05) is 9.80 Å². The minimum absolute atomic E-state index is 0.0897. The van der Waals surface area contributed by atoms with E-state index in [-0.39, 0.29) is 11.6 Å². The van der Waals surface area contributed by atoms with Crippen molar-refractivity contribution >= 4 is 23.0 Å². The average Bonchev–Trinajstić information content (AvgIpc) is 3.15. The number of hydrogen-bond donors (Lipinski definition) is 0. The summed E-state index contributed by atoms with van der Waals surface area (Å²) >= 11 is 0. The van der Waals surface area contributed by atoms with Crippen LogP contribution >= 0.6 is 0 Å². The summed E-state index contributed by atoms with van der Waals surface area (Å²) in [6.45, 7) is 7.18. The van der Waals surface area contributed by atoms with Crippen LogP contribution in [0.5, 0.6) is 0 Å². The molecule has 0 fully saturated rings. The summed E-state index contributed by atoms with van der Waals surface area (Å²) in [5, 5.41) is 0. The molecule has 3 unspecified atom stereocenters. The minimum atomic E-state index is 0.0897. The van der Waals surface area contributed by atoms with Gasteiger partial charge in [-0.25, -0.2) is 9.97 Å². The van der Waals surface area contributed by atoms with Gasteiger partial charge in [-0.3, -0.25) is 0 Å². The zero-order chi connectivity index (χ0) is 21.2. The van der Waals surface area contributed by atoms with Gasteiger partial charge in [-0.2, -0.15) is 0 Å². The van der Waals surface area contributed by atoms with Crippen LogP contribution in [0.4, 0.5) is 23.0 Å². The van der Waals surface area contributed by atoms with E-state index in [0.29, 0.717) is 5.92 Å². The van der Waals surface area contributed by atoms with E-state index >= 15 is 0 Å². The van der Waals surface area contributed by atoms with Crippen LogP contribution in [0.2, 0.25) is 0 Å². The van der Waals surface area contributed by atoms with E-state index < -0.39 is 0 Å². The summed E-state index contributed by atoms with van der Waals surface area (Å²) in [5.41, 5.74) is 6.41. The fourth-order valence-electron chi connectivity index (χ4n) is 5.98. The topological polar surface area (TPSA) is 32.3 Å². The third-order valence-electron chi connectivity index (χ3n) is 8.08. The Balaban J connectivity index is 1.64. The molecule has 3 aromatic rings. The lowest BCUT2D eigenvalue weighted by Crippen LogP contribution is -2.54. The molecule has 0 bridgehead atoms. The van der Waals surface area contributed by atoms with Gasteiger partial charge < -0.3 is 9.80 Å². The first-order valence-electron chi connectivity index (χ1n) is 11.8. The number of rotatable bonds is 2. The molecule has 4 heteroatoms. The van der Waals surface area contributed by atoms with Crippen LogP contribution in [-0.4, -0.2) is 16.1 Å². The zero-order valence-corrected chi connectivity index (χ0v) is 18.7. The monoisotopic (exact) mass is 410 g/mol. The van der Waals surface area contributed by atoms with Crippen LogP contribution in [0.1, 0.15) is 57.0 Å². The van der Waals surface area contributed by atoms with Crippen LogP contribution < -0.4 is 9.80 Å². The molecule has 31 heavy (non-hydrogen) atoms. The van der Waals surface area contributed by atoms with Gasteiger partial charge in [0.1, 0.15) is 6.17 Å². The number of aromatic nitrogens is 2. The maximum absolute atomic E-state index is 5.28. The molecule has 0 saturated carbocycles. The molecule has 3 atom stereocenters. The van der Waals surface area contributed by atoms with Crippen LogP contribution in [0, 0.1) is 5.92 Å². The van der Waals surface area contributed by atoms with Crippen molar-refractivity contribution in [2.24, 2.45) is 5.92 Å².